The first-order valence-electron chi connectivity index (χ1n) is 6.89. The van der Waals surface area contributed by atoms with Gasteiger partial charge in [-0.3, -0.25) is 0 Å². The van der Waals surface area contributed by atoms with Crippen LogP contribution in [0.15, 0.2) is 0 Å². The maximum Gasteiger partial charge on any atom is 0.150 e. The van der Waals surface area contributed by atoms with Crippen molar-refractivity contribution in [3.8, 4) is 0 Å². The Balaban J connectivity index is 2.17. The van der Waals surface area contributed by atoms with Crippen LogP contribution in [-0.4, -0.2) is 35.9 Å². The summed E-state index contributed by atoms with van der Waals surface area (Å²) in [5, 5.41) is 3.33. The molecule has 0 atom stereocenters. The summed E-state index contributed by atoms with van der Waals surface area (Å²) >= 11 is 0. The molecule has 0 aromatic carbocycles. The van der Waals surface area contributed by atoms with E-state index in [1.54, 1.807) is 0 Å². The minimum absolute atomic E-state index is 0.131. The second-order valence-electron chi connectivity index (χ2n) is 5.67. The van der Waals surface area contributed by atoms with Gasteiger partial charge in [-0.2, -0.15) is 0 Å². The topological polar surface area (TPSA) is 98.0 Å². The van der Waals surface area contributed by atoms with Gasteiger partial charge in [-0.25, -0.2) is 18.4 Å². The maximum absolute atomic E-state index is 11.4. The molecule has 1 aliphatic rings. The molecule has 0 saturated carbocycles. The van der Waals surface area contributed by atoms with Gasteiger partial charge in [0, 0.05) is 17.5 Å². The van der Waals surface area contributed by atoms with Crippen LogP contribution in [0.4, 0.5) is 11.6 Å². The molecule has 1 fully saturated rings. The van der Waals surface area contributed by atoms with Crippen molar-refractivity contribution in [3.63, 3.8) is 0 Å². The van der Waals surface area contributed by atoms with E-state index in [1.807, 2.05) is 20.8 Å². The highest BCUT2D eigenvalue weighted by Crippen LogP contribution is 2.24. The monoisotopic (exact) mass is 298 g/mol. The van der Waals surface area contributed by atoms with Gasteiger partial charge in [0.25, 0.3) is 0 Å². The van der Waals surface area contributed by atoms with Gasteiger partial charge in [0.05, 0.1) is 11.5 Å². The third-order valence-corrected chi connectivity index (χ3v) is 5.33. The van der Waals surface area contributed by atoms with Crippen molar-refractivity contribution < 1.29 is 8.42 Å². The number of rotatable bonds is 3. The summed E-state index contributed by atoms with van der Waals surface area (Å²) in [5.41, 5.74) is 6.74. The zero-order valence-electron chi connectivity index (χ0n) is 12.2. The van der Waals surface area contributed by atoms with Gasteiger partial charge in [-0.1, -0.05) is 13.8 Å². The van der Waals surface area contributed by atoms with E-state index in [1.165, 1.54) is 0 Å². The summed E-state index contributed by atoms with van der Waals surface area (Å²) in [6.07, 6.45) is 1.23. The molecule has 1 aromatic rings. The minimum atomic E-state index is -2.85. The van der Waals surface area contributed by atoms with Crippen LogP contribution in [-0.2, 0) is 9.84 Å². The number of nitrogens with two attached hydrogens (primary N) is 1. The fraction of sp³-hybridized carbons (Fsp3) is 0.692. The van der Waals surface area contributed by atoms with E-state index in [-0.39, 0.29) is 23.5 Å². The summed E-state index contributed by atoms with van der Waals surface area (Å²) in [4.78, 5) is 8.79. The smallest absolute Gasteiger partial charge is 0.150 e. The molecule has 1 saturated heterocycles. The molecule has 3 N–H and O–H groups in total. The van der Waals surface area contributed by atoms with Crippen molar-refractivity contribution in [2.24, 2.45) is 0 Å². The number of sulfone groups is 1. The number of nitrogen functional groups attached to an aromatic ring is 1. The fourth-order valence-electron chi connectivity index (χ4n) is 2.18. The number of nitrogens with one attached hydrogen (secondary N) is 1. The Kier molecular flexibility index (Phi) is 4.17. The fourth-order valence-corrected chi connectivity index (χ4v) is 3.67. The second-order valence-corrected chi connectivity index (χ2v) is 7.97. The normalized spacial score (nSPS) is 19.2. The van der Waals surface area contributed by atoms with Gasteiger partial charge >= 0.3 is 0 Å². The molecule has 0 bridgehead atoms. The molecule has 1 aliphatic heterocycles. The lowest BCUT2D eigenvalue weighted by atomic mass is 10.1. The highest BCUT2D eigenvalue weighted by atomic mass is 32.2. The predicted molar refractivity (Wildman–Crippen MR) is 80.6 cm³/mol. The Morgan fingerprint density at radius 3 is 2.40 bits per heavy atom. The van der Waals surface area contributed by atoms with E-state index < -0.39 is 9.84 Å². The average molecular weight is 298 g/mol. The second kappa shape index (κ2) is 5.55. The highest BCUT2D eigenvalue weighted by molar-refractivity contribution is 7.91. The van der Waals surface area contributed by atoms with Crippen LogP contribution in [0, 0.1) is 6.92 Å². The Hall–Kier alpha value is -1.37. The van der Waals surface area contributed by atoms with Crippen LogP contribution in [0.5, 0.6) is 0 Å². The molecular weight excluding hydrogens is 276 g/mol. The largest absolute Gasteiger partial charge is 0.383 e. The molecule has 2 rings (SSSR count). The van der Waals surface area contributed by atoms with Crippen molar-refractivity contribution in [3.05, 3.63) is 11.4 Å². The molecule has 7 heteroatoms. The van der Waals surface area contributed by atoms with Crippen LogP contribution in [0.25, 0.3) is 0 Å². The van der Waals surface area contributed by atoms with E-state index in [0.29, 0.717) is 24.5 Å². The SMILES string of the molecule is Cc1c(N)nc(C(C)C)nc1NC1CCS(=O)(=O)CC1. The zero-order chi connectivity index (χ0) is 14.9. The van der Waals surface area contributed by atoms with Crippen molar-refractivity contribution in [2.45, 2.75) is 45.6 Å². The third kappa shape index (κ3) is 3.39. The first-order valence-corrected chi connectivity index (χ1v) is 8.71. The van der Waals surface area contributed by atoms with Gasteiger partial charge in [0.15, 0.2) is 0 Å². The molecule has 0 unspecified atom stereocenters. The first-order chi connectivity index (χ1) is 9.28. The van der Waals surface area contributed by atoms with E-state index in [2.05, 4.69) is 15.3 Å². The summed E-state index contributed by atoms with van der Waals surface area (Å²) < 4.78 is 22.9. The minimum Gasteiger partial charge on any atom is -0.383 e. The summed E-state index contributed by atoms with van der Waals surface area (Å²) in [6.45, 7) is 5.91. The standard InChI is InChI=1S/C13H22N4O2S/c1-8(2)12-16-11(14)9(3)13(17-12)15-10-4-6-20(18,19)7-5-10/h8,10H,4-7H2,1-3H3,(H3,14,15,16,17). The first kappa shape index (κ1) is 15.0. The van der Waals surface area contributed by atoms with Gasteiger partial charge in [-0.05, 0) is 19.8 Å². The average Bonchev–Trinajstić information content (AvgIpc) is 2.36. The molecule has 1 aromatic heterocycles. The molecule has 0 spiro atoms. The van der Waals surface area contributed by atoms with Crippen LogP contribution < -0.4 is 11.1 Å². The van der Waals surface area contributed by atoms with Crippen LogP contribution in [0.3, 0.4) is 0 Å². The molecule has 6 nitrogen and oxygen atoms in total. The Labute approximate surface area is 120 Å². The predicted octanol–water partition coefficient (Wildman–Crippen LogP) is 1.48. The van der Waals surface area contributed by atoms with E-state index in [9.17, 15) is 8.42 Å². The molecular formula is C13H22N4O2S. The molecule has 2 heterocycles. The van der Waals surface area contributed by atoms with E-state index in [0.717, 1.165) is 11.4 Å². The highest BCUT2D eigenvalue weighted by Gasteiger charge is 2.24. The van der Waals surface area contributed by atoms with Crippen molar-refractivity contribution in [1.82, 2.24) is 9.97 Å². The summed E-state index contributed by atoms with van der Waals surface area (Å²) in [5.74, 6) is 2.59. The van der Waals surface area contributed by atoms with Crippen molar-refractivity contribution in [1.29, 1.82) is 0 Å². The summed E-state index contributed by atoms with van der Waals surface area (Å²) in [6, 6.07) is 0.131. The van der Waals surface area contributed by atoms with E-state index in [4.69, 9.17) is 5.73 Å². The van der Waals surface area contributed by atoms with Gasteiger partial charge < -0.3 is 11.1 Å². The Morgan fingerprint density at radius 2 is 1.85 bits per heavy atom. The Morgan fingerprint density at radius 1 is 1.25 bits per heavy atom. The quantitative estimate of drug-likeness (QED) is 0.877. The molecule has 20 heavy (non-hydrogen) atoms. The van der Waals surface area contributed by atoms with Gasteiger partial charge in [0.2, 0.25) is 0 Å². The number of aromatic nitrogens is 2. The number of hydrogen-bond acceptors (Lipinski definition) is 6. The van der Waals surface area contributed by atoms with Crippen LogP contribution in [0.1, 0.15) is 44.0 Å². The lowest BCUT2D eigenvalue weighted by Crippen LogP contribution is -2.32. The van der Waals surface area contributed by atoms with Crippen LogP contribution in [0.2, 0.25) is 0 Å². The molecule has 112 valence electrons. The van der Waals surface area contributed by atoms with Gasteiger partial charge in [0.1, 0.15) is 27.3 Å². The van der Waals surface area contributed by atoms with Crippen molar-refractivity contribution >= 4 is 21.5 Å². The lowest BCUT2D eigenvalue weighted by molar-refractivity contribution is 0.558. The molecule has 0 amide bonds. The summed E-state index contributed by atoms with van der Waals surface area (Å²) in [7, 11) is -2.85. The van der Waals surface area contributed by atoms with Crippen LogP contribution >= 0.6 is 0 Å². The van der Waals surface area contributed by atoms with Gasteiger partial charge in [-0.15, -0.1) is 0 Å². The van der Waals surface area contributed by atoms with Crippen molar-refractivity contribution in [2.75, 3.05) is 22.6 Å². The molecule has 0 radical (unpaired) electrons. The van der Waals surface area contributed by atoms with E-state index >= 15 is 0 Å². The number of hydrogen-bond donors (Lipinski definition) is 2. The number of anilines is 2. The zero-order valence-corrected chi connectivity index (χ0v) is 13.0. The number of nitrogens with zero attached hydrogens (tertiary/aromatic N) is 2. The lowest BCUT2D eigenvalue weighted by Gasteiger charge is -2.25. The Bertz CT molecular complexity index is 585. The molecule has 0 aliphatic carbocycles. The maximum atomic E-state index is 11.4. The third-order valence-electron chi connectivity index (χ3n) is 3.61.